The molecule has 0 aliphatic carbocycles. The second-order valence-corrected chi connectivity index (χ2v) is 2.56. The van der Waals surface area contributed by atoms with Gasteiger partial charge in [-0.25, -0.2) is 10.8 Å². The fourth-order valence-corrected chi connectivity index (χ4v) is 0.957. The van der Waals surface area contributed by atoms with E-state index in [1.54, 1.807) is 6.07 Å². The fraction of sp³-hybridized carbons (Fsp3) is 0.333. The summed E-state index contributed by atoms with van der Waals surface area (Å²) in [5.74, 6) is 4.68. The van der Waals surface area contributed by atoms with Crippen LogP contribution in [-0.2, 0) is 0 Å². The monoisotopic (exact) mass is 231 g/mol. The van der Waals surface area contributed by atoms with E-state index in [4.69, 9.17) is 22.2 Å². The number of ether oxygens (including phenoxy) is 1. The van der Waals surface area contributed by atoms with E-state index in [1.807, 2.05) is 19.3 Å². The molecule has 3 N–H and O–H groups in total. The third-order valence-corrected chi connectivity index (χ3v) is 1.68. The van der Waals surface area contributed by atoms with Crippen LogP contribution in [0, 0.1) is 0 Å². The van der Waals surface area contributed by atoms with Gasteiger partial charge in [-0.2, -0.15) is 0 Å². The molecule has 0 atom stereocenters. The Balaban J connectivity index is 0.000000921. The first-order valence-corrected chi connectivity index (χ1v) is 4.78. The van der Waals surface area contributed by atoms with Crippen LogP contribution in [0.15, 0.2) is 12.1 Å². The Labute approximate surface area is 93.6 Å². The number of nitrogens with zero attached hydrogens (tertiary/aromatic N) is 1. The highest BCUT2D eigenvalue weighted by Gasteiger charge is 2.11. The minimum atomic E-state index is -0.552. The molecule has 0 aliphatic heterocycles. The summed E-state index contributed by atoms with van der Waals surface area (Å²) >= 11 is 5.69. The van der Waals surface area contributed by atoms with Crippen LogP contribution in [-0.4, -0.2) is 18.0 Å². The molecule has 6 heteroatoms. The van der Waals surface area contributed by atoms with Crippen LogP contribution in [0.25, 0.3) is 0 Å². The lowest BCUT2D eigenvalue weighted by Gasteiger charge is -2.03. The molecule has 0 radical (unpaired) electrons. The van der Waals surface area contributed by atoms with E-state index >= 15 is 0 Å². The van der Waals surface area contributed by atoms with Gasteiger partial charge >= 0.3 is 0 Å². The van der Waals surface area contributed by atoms with Crippen molar-refractivity contribution < 1.29 is 9.53 Å². The van der Waals surface area contributed by atoms with Crippen molar-refractivity contribution in [3.63, 3.8) is 0 Å². The quantitative estimate of drug-likeness (QED) is 0.458. The molecule has 1 rings (SSSR count). The Kier molecular flexibility index (Phi) is 6.40. The van der Waals surface area contributed by atoms with Gasteiger partial charge in [0.15, 0.2) is 5.69 Å². The number of hydrogen-bond acceptors (Lipinski definition) is 4. The van der Waals surface area contributed by atoms with E-state index in [1.165, 1.54) is 13.2 Å². The Morgan fingerprint density at radius 2 is 2.13 bits per heavy atom. The second-order valence-electron chi connectivity index (χ2n) is 2.16. The van der Waals surface area contributed by atoms with Crippen molar-refractivity contribution >= 4 is 17.5 Å². The normalized spacial score (nSPS) is 8.60. The van der Waals surface area contributed by atoms with Crippen LogP contribution >= 0.6 is 11.6 Å². The summed E-state index contributed by atoms with van der Waals surface area (Å²) in [6.07, 6.45) is 0. The summed E-state index contributed by atoms with van der Waals surface area (Å²) in [7, 11) is 1.44. The van der Waals surface area contributed by atoms with Crippen LogP contribution in [0.3, 0.4) is 0 Å². The summed E-state index contributed by atoms with van der Waals surface area (Å²) in [4.78, 5) is 14.9. The molecule has 0 bridgehead atoms. The minimum absolute atomic E-state index is 0.0449. The Bertz CT molecular complexity index is 331. The SMILES string of the molecule is CC.COc1ccc(Cl)c(C(=O)NN)n1. The number of amides is 1. The molecule has 1 amide bonds. The average Bonchev–Trinajstić information content (AvgIpc) is 2.31. The third kappa shape index (κ3) is 3.73. The average molecular weight is 232 g/mol. The lowest BCUT2D eigenvalue weighted by molar-refractivity contribution is 0.0948. The van der Waals surface area contributed by atoms with Gasteiger partial charge in [0, 0.05) is 6.07 Å². The van der Waals surface area contributed by atoms with Crippen molar-refractivity contribution in [1.82, 2.24) is 10.4 Å². The molecule has 0 fully saturated rings. The molecule has 1 heterocycles. The van der Waals surface area contributed by atoms with Gasteiger partial charge in [-0.3, -0.25) is 10.2 Å². The molecular weight excluding hydrogens is 218 g/mol. The van der Waals surface area contributed by atoms with E-state index in [9.17, 15) is 4.79 Å². The fourth-order valence-electron chi connectivity index (χ4n) is 0.766. The van der Waals surface area contributed by atoms with Gasteiger partial charge in [0.1, 0.15) is 0 Å². The number of carbonyl (C=O) groups excluding carboxylic acids is 1. The van der Waals surface area contributed by atoms with Crippen molar-refractivity contribution in [2.75, 3.05) is 7.11 Å². The molecule has 0 unspecified atom stereocenters. The summed E-state index contributed by atoms with van der Waals surface area (Å²) in [5, 5.41) is 0.226. The first-order chi connectivity index (χ1) is 7.19. The highest BCUT2D eigenvalue weighted by molar-refractivity contribution is 6.33. The predicted octanol–water partition coefficient (Wildman–Crippen LogP) is 1.37. The Hall–Kier alpha value is -1.33. The van der Waals surface area contributed by atoms with E-state index in [2.05, 4.69) is 4.98 Å². The van der Waals surface area contributed by atoms with Gasteiger partial charge in [-0.1, -0.05) is 25.4 Å². The molecule has 0 aromatic carbocycles. The smallest absolute Gasteiger partial charge is 0.285 e. The van der Waals surface area contributed by atoms with Gasteiger partial charge < -0.3 is 4.74 Å². The zero-order valence-electron chi connectivity index (χ0n) is 8.87. The molecule has 0 saturated carbocycles. The van der Waals surface area contributed by atoms with Gasteiger partial charge in [0.2, 0.25) is 5.88 Å². The molecule has 15 heavy (non-hydrogen) atoms. The number of carbonyl (C=O) groups is 1. The summed E-state index contributed by atoms with van der Waals surface area (Å²) in [6.45, 7) is 4.00. The number of aromatic nitrogens is 1. The zero-order valence-corrected chi connectivity index (χ0v) is 9.63. The molecule has 0 spiro atoms. The van der Waals surface area contributed by atoms with Crippen LogP contribution < -0.4 is 16.0 Å². The van der Waals surface area contributed by atoms with E-state index in [0.29, 0.717) is 5.88 Å². The molecule has 84 valence electrons. The second kappa shape index (κ2) is 7.03. The van der Waals surface area contributed by atoms with Crippen molar-refractivity contribution in [2.45, 2.75) is 13.8 Å². The first-order valence-electron chi connectivity index (χ1n) is 4.40. The van der Waals surface area contributed by atoms with Crippen molar-refractivity contribution in [3.05, 3.63) is 22.8 Å². The molecule has 0 saturated heterocycles. The molecule has 1 aromatic heterocycles. The number of nitrogen functional groups attached to an aromatic ring is 1. The van der Waals surface area contributed by atoms with E-state index in [-0.39, 0.29) is 10.7 Å². The van der Waals surface area contributed by atoms with Crippen LogP contribution in [0.5, 0.6) is 5.88 Å². The van der Waals surface area contributed by atoms with Crippen LogP contribution in [0.4, 0.5) is 0 Å². The van der Waals surface area contributed by atoms with Gasteiger partial charge in [-0.05, 0) is 6.07 Å². The molecule has 1 aromatic rings. The van der Waals surface area contributed by atoms with Gasteiger partial charge in [-0.15, -0.1) is 0 Å². The maximum Gasteiger partial charge on any atom is 0.285 e. The maximum atomic E-state index is 11.1. The standard InChI is InChI=1S/C7H8ClN3O2.C2H6/c1-13-5-3-2-4(8)6(10-5)7(12)11-9;1-2/h2-3H,9H2,1H3,(H,11,12);1-2H3. The molecule has 5 nitrogen and oxygen atoms in total. The van der Waals surface area contributed by atoms with E-state index in [0.717, 1.165) is 0 Å². The number of nitrogens with two attached hydrogens (primary N) is 1. The number of hydrogen-bond donors (Lipinski definition) is 2. The number of pyridine rings is 1. The highest BCUT2D eigenvalue weighted by Crippen LogP contribution is 2.17. The molecule has 0 aliphatic rings. The summed E-state index contributed by atoms with van der Waals surface area (Å²) in [5.41, 5.74) is 1.98. The number of rotatable bonds is 2. The number of hydrazine groups is 1. The minimum Gasteiger partial charge on any atom is -0.481 e. The summed E-state index contributed by atoms with van der Waals surface area (Å²) in [6, 6.07) is 3.06. The maximum absolute atomic E-state index is 11.1. The molecular formula is C9H14ClN3O2. The van der Waals surface area contributed by atoms with Crippen LogP contribution in [0.1, 0.15) is 24.3 Å². The predicted molar refractivity (Wildman–Crippen MR) is 58.8 cm³/mol. The first kappa shape index (κ1) is 13.7. The van der Waals surface area contributed by atoms with Crippen molar-refractivity contribution in [1.29, 1.82) is 0 Å². The summed E-state index contributed by atoms with van der Waals surface area (Å²) < 4.78 is 4.81. The van der Waals surface area contributed by atoms with Crippen molar-refractivity contribution in [3.8, 4) is 5.88 Å². The van der Waals surface area contributed by atoms with E-state index < -0.39 is 5.91 Å². The Morgan fingerprint density at radius 3 is 2.60 bits per heavy atom. The third-order valence-electron chi connectivity index (χ3n) is 1.38. The van der Waals surface area contributed by atoms with Gasteiger partial charge in [0.25, 0.3) is 5.91 Å². The van der Waals surface area contributed by atoms with Crippen LogP contribution in [0.2, 0.25) is 5.02 Å². The number of nitrogens with one attached hydrogen (secondary N) is 1. The topological polar surface area (TPSA) is 77.2 Å². The largest absolute Gasteiger partial charge is 0.481 e. The number of methoxy groups -OCH3 is 1. The number of halogens is 1. The zero-order chi connectivity index (χ0) is 11.8. The van der Waals surface area contributed by atoms with Gasteiger partial charge in [0.05, 0.1) is 12.1 Å². The lowest BCUT2D eigenvalue weighted by atomic mass is 10.3. The highest BCUT2D eigenvalue weighted by atomic mass is 35.5. The van der Waals surface area contributed by atoms with Crippen molar-refractivity contribution in [2.24, 2.45) is 5.84 Å². The Morgan fingerprint density at radius 1 is 1.53 bits per heavy atom. The lowest BCUT2D eigenvalue weighted by Crippen LogP contribution is -2.31.